The fourth-order valence-electron chi connectivity index (χ4n) is 2.28. The SMILES string of the molecule is COCCNc1nc(C)cc(C(=O)Nc2c(C)cc(C)cc2Cl)n1. The van der Waals surface area contributed by atoms with Crippen LogP contribution in [-0.2, 0) is 4.74 Å². The van der Waals surface area contributed by atoms with Crippen molar-refractivity contribution in [2.45, 2.75) is 20.8 Å². The monoisotopic (exact) mass is 348 g/mol. The molecular weight excluding hydrogens is 328 g/mol. The molecule has 0 aliphatic rings. The Bertz CT molecular complexity index is 726. The predicted molar refractivity (Wildman–Crippen MR) is 96.0 cm³/mol. The molecule has 0 spiro atoms. The van der Waals surface area contributed by atoms with Crippen LogP contribution in [0.4, 0.5) is 11.6 Å². The number of carbonyl (C=O) groups is 1. The van der Waals surface area contributed by atoms with Crippen LogP contribution in [0.2, 0.25) is 5.02 Å². The normalized spacial score (nSPS) is 10.5. The summed E-state index contributed by atoms with van der Waals surface area (Å²) >= 11 is 6.24. The number of nitrogens with zero attached hydrogens (tertiary/aromatic N) is 2. The number of nitrogens with one attached hydrogen (secondary N) is 2. The molecule has 1 amide bonds. The van der Waals surface area contributed by atoms with Gasteiger partial charge in [0.05, 0.1) is 17.3 Å². The molecule has 6 nitrogen and oxygen atoms in total. The highest BCUT2D eigenvalue weighted by Crippen LogP contribution is 2.27. The largest absolute Gasteiger partial charge is 0.383 e. The molecule has 128 valence electrons. The minimum absolute atomic E-state index is 0.276. The number of anilines is 2. The highest BCUT2D eigenvalue weighted by molar-refractivity contribution is 6.34. The smallest absolute Gasteiger partial charge is 0.274 e. The van der Waals surface area contributed by atoms with Gasteiger partial charge in [0, 0.05) is 19.3 Å². The quantitative estimate of drug-likeness (QED) is 0.783. The van der Waals surface area contributed by atoms with E-state index in [0.717, 1.165) is 11.1 Å². The topological polar surface area (TPSA) is 76.1 Å². The first kappa shape index (κ1) is 18.2. The molecule has 0 unspecified atom stereocenters. The second-order valence-electron chi connectivity index (χ2n) is 5.53. The molecule has 7 heteroatoms. The maximum absolute atomic E-state index is 12.5. The van der Waals surface area contributed by atoms with E-state index in [0.29, 0.717) is 35.5 Å². The minimum atomic E-state index is -0.329. The fourth-order valence-corrected chi connectivity index (χ4v) is 2.65. The molecule has 1 aromatic heterocycles. The third-order valence-corrected chi connectivity index (χ3v) is 3.64. The average Bonchev–Trinajstić information content (AvgIpc) is 2.50. The number of methoxy groups -OCH3 is 1. The van der Waals surface area contributed by atoms with Gasteiger partial charge in [0.2, 0.25) is 5.95 Å². The van der Waals surface area contributed by atoms with Crippen LogP contribution in [0.1, 0.15) is 27.3 Å². The number of benzene rings is 1. The van der Waals surface area contributed by atoms with E-state index in [1.165, 1.54) is 0 Å². The number of aromatic nitrogens is 2. The lowest BCUT2D eigenvalue weighted by Gasteiger charge is -2.12. The summed E-state index contributed by atoms with van der Waals surface area (Å²) in [7, 11) is 1.62. The number of rotatable bonds is 6. The third-order valence-electron chi connectivity index (χ3n) is 3.35. The van der Waals surface area contributed by atoms with Crippen molar-refractivity contribution in [3.63, 3.8) is 0 Å². The predicted octanol–water partition coefficient (Wildman–Crippen LogP) is 3.37. The molecule has 2 aromatic rings. The minimum Gasteiger partial charge on any atom is -0.383 e. The molecule has 0 aliphatic carbocycles. The van der Waals surface area contributed by atoms with E-state index in [-0.39, 0.29) is 11.6 Å². The second kappa shape index (κ2) is 8.08. The van der Waals surface area contributed by atoms with Crippen molar-refractivity contribution in [3.05, 3.63) is 45.7 Å². The van der Waals surface area contributed by atoms with Crippen molar-refractivity contribution < 1.29 is 9.53 Å². The van der Waals surface area contributed by atoms with Gasteiger partial charge in [-0.2, -0.15) is 0 Å². The maximum Gasteiger partial charge on any atom is 0.274 e. The summed E-state index contributed by atoms with van der Waals surface area (Å²) < 4.78 is 4.97. The molecule has 1 heterocycles. The van der Waals surface area contributed by atoms with Crippen LogP contribution < -0.4 is 10.6 Å². The Morgan fingerprint density at radius 2 is 1.96 bits per heavy atom. The maximum atomic E-state index is 12.5. The van der Waals surface area contributed by atoms with Gasteiger partial charge in [-0.05, 0) is 44.0 Å². The van der Waals surface area contributed by atoms with E-state index >= 15 is 0 Å². The number of amides is 1. The number of aryl methyl sites for hydroxylation is 3. The Balaban J connectivity index is 2.21. The zero-order chi connectivity index (χ0) is 17.7. The number of ether oxygens (including phenoxy) is 1. The first-order valence-corrected chi connectivity index (χ1v) is 7.95. The summed E-state index contributed by atoms with van der Waals surface area (Å²) in [5.41, 5.74) is 3.51. The molecule has 0 bridgehead atoms. The Kier molecular flexibility index (Phi) is 6.11. The highest BCUT2D eigenvalue weighted by Gasteiger charge is 2.14. The second-order valence-corrected chi connectivity index (χ2v) is 5.94. The van der Waals surface area contributed by atoms with Crippen LogP contribution in [0.3, 0.4) is 0 Å². The van der Waals surface area contributed by atoms with Crippen LogP contribution in [0.25, 0.3) is 0 Å². The Labute approximate surface area is 146 Å². The number of carbonyl (C=O) groups excluding carboxylic acids is 1. The summed E-state index contributed by atoms with van der Waals surface area (Å²) in [4.78, 5) is 21.0. The van der Waals surface area contributed by atoms with E-state index in [1.807, 2.05) is 32.9 Å². The molecule has 0 radical (unpaired) electrons. The Morgan fingerprint density at radius 1 is 1.21 bits per heavy atom. The molecule has 2 N–H and O–H groups in total. The van der Waals surface area contributed by atoms with Gasteiger partial charge in [-0.3, -0.25) is 4.79 Å². The Morgan fingerprint density at radius 3 is 2.62 bits per heavy atom. The van der Waals surface area contributed by atoms with E-state index in [2.05, 4.69) is 20.6 Å². The molecule has 2 rings (SSSR count). The zero-order valence-electron chi connectivity index (χ0n) is 14.2. The summed E-state index contributed by atoms with van der Waals surface area (Å²) in [6, 6.07) is 5.41. The summed E-state index contributed by atoms with van der Waals surface area (Å²) in [6.07, 6.45) is 0. The lowest BCUT2D eigenvalue weighted by Crippen LogP contribution is -2.18. The van der Waals surface area contributed by atoms with Gasteiger partial charge >= 0.3 is 0 Å². The molecule has 0 aliphatic heterocycles. The lowest BCUT2D eigenvalue weighted by atomic mass is 10.1. The van der Waals surface area contributed by atoms with E-state index in [4.69, 9.17) is 16.3 Å². The lowest BCUT2D eigenvalue weighted by molar-refractivity contribution is 0.102. The fraction of sp³-hybridized carbons (Fsp3) is 0.353. The first-order chi connectivity index (χ1) is 11.4. The number of halogens is 1. The molecule has 1 aromatic carbocycles. The molecular formula is C17H21ClN4O2. The van der Waals surface area contributed by atoms with Crippen molar-refractivity contribution in [1.82, 2.24) is 9.97 Å². The van der Waals surface area contributed by atoms with Crippen molar-refractivity contribution in [1.29, 1.82) is 0 Å². The third kappa shape index (κ3) is 4.66. The van der Waals surface area contributed by atoms with Crippen LogP contribution in [0.5, 0.6) is 0 Å². The van der Waals surface area contributed by atoms with Gasteiger partial charge in [-0.15, -0.1) is 0 Å². The van der Waals surface area contributed by atoms with Crippen LogP contribution >= 0.6 is 11.6 Å². The van der Waals surface area contributed by atoms with Gasteiger partial charge in [0.25, 0.3) is 5.91 Å². The molecule has 24 heavy (non-hydrogen) atoms. The van der Waals surface area contributed by atoms with E-state index < -0.39 is 0 Å². The number of hydrogen-bond donors (Lipinski definition) is 2. The average molecular weight is 349 g/mol. The Hall–Kier alpha value is -2.18. The van der Waals surface area contributed by atoms with Gasteiger partial charge in [0.1, 0.15) is 5.69 Å². The van der Waals surface area contributed by atoms with Crippen molar-refractivity contribution in [3.8, 4) is 0 Å². The standard InChI is InChI=1S/C17H21ClN4O2/c1-10-7-11(2)15(13(18)8-10)22-16(23)14-9-12(3)20-17(21-14)19-5-6-24-4/h7-9H,5-6H2,1-4H3,(H,22,23)(H,19,20,21). The molecule has 0 saturated carbocycles. The van der Waals surface area contributed by atoms with Gasteiger partial charge < -0.3 is 15.4 Å². The molecule has 0 atom stereocenters. The summed E-state index contributed by atoms with van der Waals surface area (Å²) in [6.45, 7) is 6.75. The van der Waals surface area contributed by atoms with E-state index in [9.17, 15) is 4.79 Å². The molecule has 0 fully saturated rings. The van der Waals surface area contributed by atoms with Crippen LogP contribution in [0.15, 0.2) is 18.2 Å². The zero-order valence-corrected chi connectivity index (χ0v) is 15.0. The van der Waals surface area contributed by atoms with Gasteiger partial charge in [-0.25, -0.2) is 9.97 Å². The first-order valence-electron chi connectivity index (χ1n) is 7.57. The van der Waals surface area contributed by atoms with Crippen LogP contribution in [0, 0.1) is 20.8 Å². The van der Waals surface area contributed by atoms with Gasteiger partial charge in [0.15, 0.2) is 0 Å². The van der Waals surface area contributed by atoms with Crippen molar-refractivity contribution >= 4 is 29.1 Å². The van der Waals surface area contributed by atoms with E-state index in [1.54, 1.807) is 13.2 Å². The van der Waals surface area contributed by atoms with Crippen molar-refractivity contribution in [2.75, 3.05) is 30.9 Å². The van der Waals surface area contributed by atoms with Crippen LogP contribution in [-0.4, -0.2) is 36.1 Å². The summed E-state index contributed by atoms with van der Waals surface area (Å²) in [5, 5.41) is 6.36. The highest BCUT2D eigenvalue weighted by atomic mass is 35.5. The van der Waals surface area contributed by atoms with Gasteiger partial charge in [-0.1, -0.05) is 17.7 Å². The van der Waals surface area contributed by atoms with Crippen molar-refractivity contribution in [2.24, 2.45) is 0 Å². The number of hydrogen-bond acceptors (Lipinski definition) is 5. The summed E-state index contributed by atoms with van der Waals surface area (Å²) in [5.74, 6) is 0.0630. The molecule has 0 saturated heterocycles.